The summed E-state index contributed by atoms with van der Waals surface area (Å²) >= 11 is 6.11. The van der Waals surface area contributed by atoms with Crippen molar-refractivity contribution in [2.75, 3.05) is 5.32 Å². The monoisotopic (exact) mass is 368 g/mol. The van der Waals surface area contributed by atoms with Gasteiger partial charge in [-0.2, -0.15) is 18.3 Å². The number of aromatic nitrogens is 3. The van der Waals surface area contributed by atoms with Crippen molar-refractivity contribution in [2.45, 2.75) is 12.7 Å². The Labute approximate surface area is 147 Å². The predicted molar refractivity (Wildman–Crippen MR) is 91.4 cm³/mol. The molecule has 0 aliphatic rings. The summed E-state index contributed by atoms with van der Waals surface area (Å²) in [6, 6.07) is 10.0. The molecule has 132 valence electrons. The third-order valence-electron chi connectivity index (χ3n) is 3.96. The maximum Gasteiger partial charge on any atom is 0.435 e. The van der Waals surface area contributed by atoms with Gasteiger partial charge in [-0.25, -0.2) is 0 Å². The second kappa shape index (κ2) is 6.48. The van der Waals surface area contributed by atoms with E-state index in [1.165, 1.54) is 11.7 Å². The Morgan fingerprint density at radius 1 is 1.12 bits per heavy atom. The average molecular weight is 369 g/mol. The summed E-state index contributed by atoms with van der Waals surface area (Å²) in [5.41, 5.74) is 1.97. The third kappa shape index (κ3) is 3.66. The Hall–Kier alpha value is -2.41. The molecule has 0 radical (unpaired) electrons. The third-order valence-corrected chi connectivity index (χ3v) is 4.30. The van der Waals surface area contributed by atoms with Crippen LogP contribution in [-0.4, -0.2) is 14.3 Å². The number of hydrogen-bond acceptors (Lipinski definition) is 2. The zero-order chi connectivity index (χ0) is 18.2. The fraction of sp³-hybridized carbons (Fsp3) is 0.235. The molecule has 2 aromatic heterocycles. The van der Waals surface area contributed by atoms with Crippen molar-refractivity contribution in [1.82, 2.24) is 14.3 Å². The molecule has 0 saturated heterocycles. The molecule has 0 aliphatic carbocycles. The normalized spacial score (nSPS) is 11.8. The Bertz CT molecular complexity index is 859. The topological polar surface area (TPSA) is 34.8 Å². The Balaban J connectivity index is 1.76. The van der Waals surface area contributed by atoms with Crippen molar-refractivity contribution < 1.29 is 13.2 Å². The van der Waals surface area contributed by atoms with Crippen molar-refractivity contribution in [3.63, 3.8) is 0 Å². The van der Waals surface area contributed by atoms with Crippen LogP contribution in [-0.2, 0) is 26.8 Å². The SMILES string of the molecule is Cn1ccc(Cl)c1CNc1ccc(-c2cc(C(F)(F)F)nn2C)cc1. The maximum atomic E-state index is 12.8. The summed E-state index contributed by atoms with van der Waals surface area (Å²) in [6.07, 6.45) is -2.57. The smallest absolute Gasteiger partial charge is 0.379 e. The molecule has 3 aromatic rings. The van der Waals surface area contributed by atoms with Gasteiger partial charge in [-0.05, 0) is 29.8 Å². The molecule has 0 aliphatic heterocycles. The fourth-order valence-corrected chi connectivity index (χ4v) is 2.82. The van der Waals surface area contributed by atoms with E-state index >= 15 is 0 Å². The van der Waals surface area contributed by atoms with Crippen LogP contribution in [0.3, 0.4) is 0 Å². The summed E-state index contributed by atoms with van der Waals surface area (Å²) < 4.78 is 41.4. The number of halogens is 4. The summed E-state index contributed by atoms with van der Waals surface area (Å²) in [4.78, 5) is 0. The highest BCUT2D eigenvalue weighted by molar-refractivity contribution is 6.31. The minimum absolute atomic E-state index is 0.407. The van der Waals surface area contributed by atoms with Gasteiger partial charge in [0.1, 0.15) is 0 Å². The van der Waals surface area contributed by atoms with E-state index < -0.39 is 11.9 Å². The highest BCUT2D eigenvalue weighted by Gasteiger charge is 2.34. The van der Waals surface area contributed by atoms with Crippen LogP contribution in [0.25, 0.3) is 11.3 Å². The first-order valence-electron chi connectivity index (χ1n) is 7.51. The van der Waals surface area contributed by atoms with Crippen molar-refractivity contribution in [3.05, 3.63) is 59.0 Å². The lowest BCUT2D eigenvalue weighted by atomic mass is 10.1. The van der Waals surface area contributed by atoms with Crippen molar-refractivity contribution in [1.29, 1.82) is 0 Å². The van der Waals surface area contributed by atoms with E-state index in [-0.39, 0.29) is 0 Å². The van der Waals surface area contributed by atoms with E-state index in [0.29, 0.717) is 22.8 Å². The number of rotatable bonds is 4. The molecule has 25 heavy (non-hydrogen) atoms. The van der Waals surface area contributed by atoms with Gasteiger partial charge in [-0.3, -0.25) is 4.68 Å². The summed E-state index contributed by atoms with van der Waals surface area (Å²) in [5, 5.41) is 7.45. The van der Waals surface area contributed by atoms with E-state index in [1.54, 1.807) is 12.1 Å². The van der Waals surface area contributed by atoms with Crippen LogP contribution in [0.4, 0.5) is 18.9 Å². The zero-order valence-corrected chi connectivity index (χ0v) is 14.4. The van der Waals surface area contributed by atoms with Gasteiger partial charge in [-0.1, -0.05) is 23.7 Å². The molecule has 8 heteroatoms. The van der Waals surface area contributed by atoms with E-state index in [0.717, 1.165) is 17.4 Å². The van der Waals surface area contributed by atoms with Gasteiger partial charge in [0.15, 0.2) is 5.69 Å². The fourth-order valence-electron chi connectivity index (χ4n) is 2.56. The number of alkyl halides is 3. The molecule has 0 amide bonds. The number of nitrogens with zero attached hydrogens (tertiary/aromatic N) is 3. The molecule has 0 saturated carbocycles. The van der Waals surface area contributed by atoms with Gasteiger partial charge in [-0.15, -0.1) is 0 Å². The largest absolute Gasteiger partial charge is 0.435 e. The number of aryl methyl sites for hydroxylation is 2. The standard InChI is InChI=1S/C17H16ClF3N4/c1-24-8-7-13(18)15(24)10-22-12-5-3-11(4-6-12)14-9-16(17(19,20)21)23-25(14)2/h3-9,22H,10H2,1-2H3. The number of hydrogen-bond donors (Lipinski definition) is 1. The average Bonchev–Trinajstić information content (AvgIpc) is 3.09. The van der Waals surface area contributed by atoms with Crippen LogP contribution in [0.5, 0.6) is 0 Å². The van der Waals surface area contributed by atoms with Crippen LogP contribution in [0.2, 0.25) is 5.02 Å². The first-order valence-corrected chi connectivity index (χ1v) is 7.89. The Morgan fingerprint density at radius 2 is 1.80 bits per heavy atom. The molecule has 4 nitrogen and oxygen atoms in total. The number of benzene rings is 1. The molecule has 0 atom stereocenters. The van der Waals surface area contributed by atoms with E-state index in [4.69, 9.17) is 11.6 Å². The molecule has 1 N–H and O–H groups in total. The molecule has 0 bridgehead atoms. The lowest BCUT2D eigenvalue weighted by Gasteiger charge is -2.09. The highest BCUT2D eigenvalue weighted by Crippen LogP contribution is 2.31. The van der Waals surface area contributed by atoms with E-state index in [9.17, 15) is 13.2 Å². The first kappa shape index (κ1) is 17.4. The quantitative estimate of drug-likeness (QED) is 0.723. The number of anilines is 1. The predicted octanol–water partition coefficient (Wildman–Crippen LogP) is 4.71. The van der Waals surface area contributed by atoms with Gasteiger partial charge in [0.2, 0.25) is 0 Å². The Kier molecular flexibility index (Phi) is 4.51. The van der Waals surface area contributed by atoms with Crippen molar-refractivity contribution in [2.24, 2.45) is 14.1 Å². The van der Waals surface area contributed by atoms with E-state index in [2.05, 4.69) is 10.4 Å². The highest BCUT2D eigenvalue weighted by atomic mass is 35.5. The summed E-state index contributed by atoms with van der Waals surface area (Å²) in [6.45, 7) is 0.547. The van der Waals surface area contributed by atoms with Gasteiger partial charge in [0.05, 0.1) is 23.0 Å². The van der Waals surface area contributed by atoms with Crippen LogP contribution in [0, 0.1) is 0 Å². The van der Waals surface area contributed by atoms with Gasteiger partial charge in [0.25, 0.3) is 0 Å². The zero-order valence-electron chi connectivity index (χ0n) is 13.6. The van der Waals surface area contributed by atoms with Gasteiger partial charge in [0, 0.05) is 26.0 Å². The minimum atomic E-state index is -4.45. The van der Waals surface area contributed by atoms with Gasteiger partial charge < -0.3 is 9.88 Å². The Morgan fingerprint density at radius 3 is 2.32 bits per heavy atom. The molecule has 0 spiro atoms. The van der Waals surface area contributed by atoms with Gasteiger partial charge >= 0.3 is 6.18 Å². The maximum absolute atomic E-state index is 12.8. The molecule has 3 rings (SSSR count). The number of nitrogens with one attached hydrogen (secondary N) is 1. The first-order chi connectivity index (χ1) is 11.8. The van der Waals surface area contributed by atoms with Crippen LogP contribution < -0.4 is 5.32 Å². The molecule has 0 unspecified atom stereocenters. The summed E-state index contributed by atoms with van der Waals surface area (Å²) in [7, 11) is 3.40. The van der Waals surface area contributed by atoms with Crippen LogP contribution in [0.1, 0.15) is 11.4 Å². The second-order valence-electron chi connectivity index (χ2n) is 5.69. The van der Waals surface area contributed by atoms with Crippen molar-refractivity contribution in [3.8, 4) is 11.3 Å². The van der Waals surface area contributed by atoms with Crippen molar-refractivity contribution >= 4 is 17.3 Å². The van der Waals surface area contributed by atoms with E-state index in [1.807, 2.05) is 36.0 Å². The molecule has 0 fully saturated rings. The second-order valence-corrected chi connectivity index (χ2v) is 6.10. The molecule has 2 heterocycles. The minimum Gasteiger partial charge on any atom is -0.379 e. The molecule has 1 aromatic carbocycles. The lowest BCUT2D eigenvalue weighted by Crippen LogP contribution is -2.06. The van der Waals surface area contributed by atoms with Crippen LogP contribution in [0.15, 0.2) is 42.6 Å². The molecular formula is C17H16ClF3N4. The lowest BCUT2D eigenvalue weighted by molar-refractivity contribution is -0.141. The molecular weight excluding hydrogens is 353 g/mol. The summed E-state index contributed by atoms with van der Waals surface area (Å²) in [5.74, 6) is 0. The van der Waals surface area contributed by atoms with Crippen LogP contribution >= 0.6 is 11.6 Å².